The van der Waals surface area contributed by atoms with Crippen LogP contribution in [-0.2, 0) is 6.54 Å². The molecule has 0 unspecified atom stereocenters. The van der Waals surface area contributed by atoms with Gasteiger partial charge in [-0.05, 0) is 19.1 Å². The van der Waals surface area contributed by atoms with E-state index in [9.17, 15) is 18.0 Å². The van der Waals surface area contributed by atoms with Crippen LogP contribution >= 0.6 is 0 Å². The number of carboxylic acids is 1. The summed E-state index contributed by atoms with van der Waals surface area (Å²) < 4.78 is 45.4. The van der Waals surface area contributed by atoms with Gasteiger partial charge in [-0.2, -0.15) is 0 Å². The van der Waals surface area contributed by atoms with Crippen molar-refractivity contribution in [1.82, 2.24) is 5.16 Å². The van der Waals surface area contributed by atoms with Gasteiger partial charge in [0.05, 0.1) is 6.54 Å². The molecule has 1 aromatic carbocycles. The first-order valence-electron chi connectivity index (χ1n) is 6.43. The predicted octanol–water partition coefficient (Wildman–Crippen LogP) is 3.22. The first kappa shape index (κ1) is 16.7. The van der Waals surface area contributed by atoms with Crippen molar-refractivity contribution in [1.29, 1.82) is 0 Å². The van der Waals surface area contributed by atoms with E-state index in [1.54, 1.807) is 13.1 Å². The van der Waals surface area contributed by atoms with E-state index in [4.69, 9.17) is 9.63 Å². The third-order valence-corrected chi connectivity index (χ3v) is 3.03. The van der Waals surface area contributed by atoms with Crippen LogP contribution in [0, 0.1) is 6.92 Å². The van der Waals surface area contributed by atoms with E-state index in [0.717, 1.165) is 0 Å². The molecule has 2 rings (SSSR count). The average Bonchev–Trinajstić information content (AvgIpc) is 2.78. The van der Waals surface area contributed by atoms with E-state index in [0.29, 0.717) is 5.69 Å². The molecule has 0 aliphatic heterocycles. The molecular weight excluding hydrogens is 317 g/mol. The van der Waals surface area contributed by atoms with Gasteiger partial charge in [-0.15, -0.1) is 13.2 Å². The molecule has 0 bridgehead atoms. The largest absolute Gasteiger partial charge is 0.573 e. The van der Waals surface area contributed by atoms with Gasteiger partial charge >= 0.3 is 12.3 Å². The summed E-state index contributed by atoms with van der Waals surface area (Å²) in [5, 5.41) is 12.8. The zero-order valence-electron chi connectivity index (χ0n) is 12.2. The summed E-state index contributed by atoms with van der Waals surface area (Å²) in [6.07, 6.45) is -4.78. The molecular formula is C14H13F3N2O4. The zero-order valence-corrected chi connectivity index (χ0v) is 12.2. The molecule has 0 amide bonds. The SMILES string of the molecule is Cc1onc(CN(C)c2cccc(OC(F)(F)F)c2)c1C(=O)O. The van der Waals surface area contributed by atoms with E-state index in [1.165, 1.54) is 30.0 Å². The first-order chi connectivity index (χ1) is 10.7. The van der Waals surface area contributed by atoms with Crippen LogP contribution in [0.1, 0.15) is 21.8 Å². The fourth-order valence-electron chi connectivity index (χ4n) is 2.03. The molecule has 124 valence electrons. The summed E-state index contributed by atoms with van der Waals surface area (Å²) in [4.78, 5) is 12.7. The van der Waals surface area contributed by atoms with Crippen molar-refractivity contribution in [3.8, 4) is 5.75 Å². The average molecular weight is 330 g/mol. The van der Waals surface area contributed by atoms with Crippen molar-refractivity contribution in [2.24, 2.45) is 0 Å². The fraction of sp³-hybridized carbons (Fsp3) is 0.286. The van der Waals surface area contributed by atoms with Crippen LogP contribution in [0.25, 0.3) is 0 Å². The maximum atomic E-state index is 12.2. The number of nitrogens with zero attached hydrogens (tertiary/aromatic N) is 2. The topological polar surface area (TPSA) is 75.8 Å². The lowest BCUT2D eigenvalue weighted by molar-refractivity contribution is -0.274. The summed E-state index contributed by atoms with van der Waals surface area (Å²) >= 11 is 0. The third-order valence-electron chi connectivity index (χ3n) is 3.03. The summed E-state index contributed by atoms with van der Waals surface area (Å²) in [6.45, 7) is 1.52. The van der Waals surface area contributed by atoms with Crippen molar-refractivity contribution in [2.45, 2.75) is 19.8 Å². The van der Waals surface area contributed by atoms with Crippen LogP contribution in [0.3, 0.4) is 0 Å². The highest BCUT2D eigenvalue weighted by atomic mass is 19.4. The van der Waals surface area contributed by atoms with Crippen LogP contribution in [0.2, 0.25) is 0 Å². The van der Waals surface area contributed by atoms with Crippen LogP contribution in [0.4, 0.5) is 18.9 Å². The van der Waals surface area contributed by atoms with E-state index in [2.05, 4.69) is 9.89 Å². The standard InChI is InChI=1S/C14H13F3N2O4/c1-8-12(13(20)21)11(18-23-8)7-19(2)9-4-3-5-10(6-9)22-14(15,16)17/h3-6H,7H2,1-2H3,(H,20,21). The number of alkyl halides is 3. The molecule has 0 saturated carbocycles. The van der Waals surface area contributed by atoms with E-state index >= 15 is 0 Å². The second-order valence-electron chi connectivity index (χ2n) is 4.77. The Bertz CT molecular complexity index is 712. The normalized spacial score (nSPS) is 11.3. The van der Waals surface area contributed by atoms with E-state index < -0.39 is 12.3 Å². The van der Waals surface area contributed by atoms with Gasteiger partial charge in [-0.3, -0.25) is 0 Å². The number of aromatic carboxylic acids is 1. The molecule has 1 heterocycles. The highest BCUT2D eigenvalue weighted by Gasteiger charge is 2.31. The zero-order chi connectivity index (χ0) is 17.2. The van der Waals surface area contributed by atoms with E-state index in [1.807, 2.05) is 0 Å². The monoisotopic (exact) mass is 330 g/mol. The molecule has 23 heavy (non-hydrogen) atoms. The molecule has 0 fully saturated rings. The number of benzene rings is 1. The predicted molar refractivity (Wildman–Crippen MR) is 73.4 cm³/mol. The minimum Gasteiger partial charge on any atom is -0.477 e. The number of carbonyl (C=O) groups is 1. The molecule has 6 nitrogen and oxygen atoms in total. The number of hydrogen-bond donors (Lipinski definition) is 1. The summed E-state index contributed by atoms with van der Waals surface area (Å²) in [5.41, 5.74) is 0.530. The minimum absolute atomic E-state index is 0.0500. The lowest BCUT2D eigenvalue weighted by Crippen LogP contribution is -2.20. The van der Waals surface area contributed by atoms with E-state index in [-0.39, 0.29) is 29.3 Å². The second-order valence-corrected chi connectivity index (χ2v) is 4.77. The highest BCUT2D eigenvalue weighted by molar-refractivity contribution is 5.89. The second kappa shape index (κ2) is 6.19. The van der Waals surface area contributed by atoms with Gasteiger partial charge in [0, 0.05) is 18.8 Å². The van der Waals surface area contributed by atoms with Gasteiger partial charge in [0.15, 0.2) is 0 Å². The number of halogens is 3. The molecule has 2 aromatic rings. The molecule has 0 aliphatic carbocycles. The lowest BCUT2D eigenvalue weighted by atomic mass is 10.2. The quantitative estimate of drug-likeness (QED) is 0.907. The van der Waals surface area contributed by atoms with Crippen molar-refractivity contribution >= 4 is 11.7 Å². The van der Waals surface area contributed by atoms with Gasteiger partial charge in [0.25, 0.3) is 0 Å². The van der Waals surface area contributed by atoms with Crippen LogP contribution in [0.5, 0.6) is 5.75 Å². The number of anilines is 1. The minimum atomic E-state index is -4.78. The molecule has 9 heteroatoms. The van der Waals surface area contributed by atoms with Crippen molar-refractivity contribution < 1.29 is 32.3 Å². The number of hydrogen-bond acceptors (Lipinski definition) is 5. The van der Waals surface area contributed by atoms with Gasteiger partial charge < -0.3 is 19.3 Å². The Morgan fingerprint density at radius 1 is 1.43 bits per heavy atom. The Hall–Kier alpha value is -2.71. The number of aromatic nitrogens is 1. The summed E-state index contributed by atoms with van der Waals surface area (Å²) in [7, 11) is 1.59. The van der Waals surface area contributed by atoms with Crippen LogP contribution in [-0.4, -0.2) is 29.6 Å². The van der Waals surface area contributed by atoms with Crippen LogP contribution in [0.15, 0.2) is 28.8 Å². The third kappa shape index (κ3) is 4.15. The number of aryl methyl sites for hydroxylation is 1. The van der Waals surface area contributed by atoms with Crippen molar-refractivity contribution in [2.75, 3.05) is 11.9 Å². The molecule has 0 atom stereocenters. The molecule has 0 radical (unpaired) electrons. The van der Waals surface area contributed by atoms with Gasteiger partial charge in [0.2, 0.25) is 0 Å². The molecule has 0 spiro atoms. The Labute approximate surface area is 129 Å². The van der Waals surface area contributed by atoms with Crippen LogP contribution < -0.4 is 9.64 Å². The molecule has 0 aliphatic rings. The lowest BCUT2D eigenvalue weighted by Gasteiger charge is -2.19. The van der Waals surface area contributed by atoms with Crippen molar-refractivity contribution in [3.05, 3.63) is 41.3 Å². The summed E-state index contributed by atoms with van der Waals surface area (Å²) in [6, 6.07) is 5.34. The maximum Gasteiger partial charge on any atom is 0.573 e. The molecule has 1 aromatic heterocycles. The summed E-state index contributed by atoms with van der Waals surface area (Å²) in [5.74, 6) is -1.38. The smallest absolute Gasteiger partial charge is 0.477 e. The Kier molecular flexibility index (Phi) is 4.48. The Balaban J connectivity index is 2.20. The Morgan fingerprint density at radius 3 is 2.74 bits per heavy atom. The fourth-order valence-corrected chi connectivity index (χ4v) is 2.03. The Morgan fingerprint density at radius 2 is 2.13 bits per heavy atom. The number of carboxylic acid groups (broad SMARTS) is 1. The van der Waals surface area contributed by atoms with Gasteiger partial charge in [-0.1, -0.05) is 11.2 Å². The highest BCUT2D eigenvalue weighted by Crippen LogP contribution is 2.27. The molecule has 1 N–H and O–H groups in total. The van der Waals surface area contributed by atoms with Gasteiger partial charge in [-0.25, -0.2) is 4.79 Å². The molecule has 0 saturated heterocycles. The first-order valence-corrected chi connectivity index (χ1v) is 6.43. The number of ether oxygens (including phenoxy) is 1. The number of rotatable bonds is 5. The maximum absolute atomic E-state index is 12.2. The van der Waals surface area contributed by atoms with Crippen molar-refractivity contribution in [3.63, 3.8) is 0 Å². The van der Waals surface area contributed by atoms with Gasteiger partial charge in [0.1, 0.15) is 22.8 Å².